The topological polar surface area (TPSA) is 84.1 Å². The molecule has 2 atom stereocenters. The number of amides is 1. The Bertz CT molecular complexity index is 725. The molecule has 3 rings (SSSR count). The fourth-order valence-electron chi connectivity index (χ4n) is 3.27. The van der Waals surface area contributed by atoms with Gasteiger partial charge in [-0.2, -0.15) is 5.10 Å². The maximum absolute atomic E-state index is 12.0. The molecule has 2 N–H and O–H groups in total. The zero-order chi connectivity index (χ0) is 16.9. The second-order valence-electron chi connectivity index (χ2n) is 6.49. The number of carbonyl (C=O) groups is 2. The lowest BCUT2D eigenvalue weighted by molar-refractivity contribution is -0.148. The van der Waals surface area contributed by atoms with Crippen molar-refractivity contribution in [3.8, 4) is 0 Å². The monoisotopic (exact) mass is 329 g/mol. The molecule has 2 aromatic rings. The van der Waals surface area contributed by atoms with Gasteiger partial charge in [0.05, 0.1) is 17.6 Å². The molecule has 0 bridgehead atoms. The highest BCUT2D eigenvalue weighted by atomic mass is 16.5. The van der Waals surface area contributed by atoms with Gasteiger partial charge in [0, 0.05) is 11.4 Å². The third-order valence-corrected chi connectivity index (χ3v) is 4.68. The number of esters is 1. The predicted molar refractivity (Wildman–Crippen MR) is 90.3 cm³/mol. The van der Waals surface area contributed by atoms with Crippen LogP contribution in [0.25, 0.3) is 10.9 Å². The molecule has 1 amide bonds. The van der Waals surface area contributed by atoms with E-state index in [4.69, 9.17) is 4.74 Å². The SMILES string of the molecule is CC1CCCCC1NC(=O)COC(=O)Cc1[nH]nc2ccccc12. The van der Waals surface area contributed by atoms with Gasteiger partial charge in [-0.3, -0.25) is 14.7 Å². The van der Waals surface area contributed by atoms with E-state index in [0.29, 0.717) is 11.6 Å². The zero-order valence-corrected chi connectivity index (χ0v) is 13.9. The fraction of sp³-hybridized carbons (Fsp3) is 0.500. The van der Waals surface area contributed by atoms with Crippen LogP contribution in [0.3, 0.4) is 0 Å². The van der Waals surface area contributed by atoms with Crippen LogP contribution in [0.2, 0.25) is 0 Å². The Hall–Kier alpha value is -2.37. The number of ether oxygens (including phenoxy) is 1. The number of rotatable bonds is 5. The van der Waals surface area contributed by atoms with Crippen LogP contribution >= 0.6 is 0 Å². The first-order valence-corrected chi connectivity index (χ1v) is 8.50. The van der Waals surface area contributed by atoms with Crippen LogP contribution in [0.4, 0.5) is 0 Å². The molecule has 6 nitrogen and oxygen atoms in total. The lowest BCUT2D eigenvalue weighted by Gasteiger charge is -2.29. The molecule has 2 unspecified atom stereocenters. The van der Waals surface area contributed by atoms with Gasteiger partial charge < -0.3 is 10.1 Å². The van der Waals surface area contributed by atoms with Crippen LogP contribution < -0.4 is 5.32 Å². The predicted octanol–water partition coefficient (Wildman–Crippen LogP) is 2.34. The standard InChI is InChI=1S/C18H23N3O3/c1-12-6-2-4-8-14(12)19-17(22)11-24-18(23)10-16-13-7-3-5-9-15(13)20-21-16/h3,5,7,9,12,14H,2,4,6,8,10-11H2,1H3,(H,19,22)(H,20,21). The average Bonchev–Trinajstić information content (AvgIpc) is 2.98. The number of nitrogens with zero attached hydrogens (tertiary/aromatic N) is 1. The lowest BCUT2D eigenvalue weighted by atomic mass is 9.86. The smallest absolute Gasteiger partial charge is 0.312 e. The molecule has 0 aliphatic heterocycles. The van der Waals surface area contributed by atoms with E-state index < -0.39 is 5.97 Å². The molecule has 0 radical (unpaired) electrons. The van der Waals surface area contributed by atoms with E-state index in [1.807, 2.05) is 24.3 Å². The average molecular weight is 329 g/mol. The van der Waals surface area contributed by atoms with Crippen molar-refractivity contribution in [2.75, 3.05) is 6.61 Å². The molecular formula is C18H23N3O3. The van der Waals surface area contributed by atoms with E-state index in [1.54, 1.807) is 0 Å². The third kappa shape index (κ3) is 3.93. The molecule has 1 saturated carbocycles. The van der Waals surface area contributed by atoms with Crippen LogP contribution in [-0.2, 0) is 20.7 Å². The maximum Gasteiger partial charge on any atom is 0.312 e. The number of aromatic nitrogens is 2. The summed E-state index contributed by atoms with van der Waals surface area (Å²) in [6.07, 6.45) is 4.58. The first-order chi connectivity index (χ1) is 11.6. The van der Waals surface area contributed by atoms with Gasteiger partial charge in [0.25, 0.3) is 5.91 Å². The van der Waals surface area contributed by atoms with Gasteiger partial charge in [-0.15, -0.1) is 0 Å². The summed E-state index contributed by atoms with van der Waals surface area (Å²) in [5.74, 6) is -0.178. The quantitative estimate of drug-likeness (QED) is 0.825. The van der Waals surface area contributed by atoms with E-state index >= 15 is 0 Å². The van der Waals surface area contributed by atoms with Crippen LogP contribution in [0, 0.1) is 5.92 Å². The molecule has 1 aromatic carbocycles. The van der Waals surface area contributed by atoms with Crippen molar-refractivity contribution in [1.29, 1.82) is 0 Å². The molecule has 1 aliphatic carbocycles. The highest BCUT2D eigenvalue weighted by Gasteiger charge is 2.23. The minimum absolute atomic E-state index is 0.0770. The van der Waals surface area contributed by atoms with Crippen molar-refractivity contribution in [3.05, 3.63) is 30.0 Å². The van der Waals surface area contributed by atoms with E-state index in [2.05, 4.69) is 22.4 Å². The summed E-state index contributed by atoms with van der Waals surface area (Å²) in [5.41, 5.74) is 1.52. The Balaban J connectivity index is 1.47. The highest BCUT2D eigenvalue weighted by molar-refractivity contribution is 5.86. The minimum Gasteiger partial charge on any atom is -0.455 e. The first-order valence-electron chi connectivity index (χ1n) is 8.50. The normalized spacial score (nSPS) is 20.7. The first kappa shape index (κ1) is 16.5. The number of fused-ring (bicyclic) bond motifs is 1. The van der Waals surface area contributed by atoms with Crippen molar-refractivity contribution in [1.82, 2.24) is 15.5 Å². The van der Waals surface area contributed by atoms with Gasteiger partial charge in [0.2, 0.25) is 0 Å². The Labute approximate surface area is 141 Å². The summed E-state index contributed by atoms with van der Waals surface area (Å²) in [6, 6.07) is 7.76. The van der Waals surface area contributed by atoms with E-state index in [1.165, 1.54) is 6.42 Å². The lowest BCUT2D eigenvalue weighted by Crippen LogP contribution is -2.43. The van der Waals surface area contributed by atoms with Crippen molar-refractivity contribution in [2.45, 2.75) is 45.1 Å². The molecular weight excluding hydrogens is 306 g/mol. The summed E-state index contributed by atoms with van der Waals surface area (Å²) in [5, 5.41) is 10.9. The summed E-state index contributed by atoms with van der Waals surface area (Å²) in [6.45, 7) is 1.92. The number of nitrogens with one attached hydrogen (secondary N) is 2. The number of hydrogen-bond donors (Lipinski definition) is 2. The summed E-state index contributed by atoms with van der Waals surface area (Å²) >= 11 is 0. The number of benzene rings is 1. The van der Waals surface area contributed by atoms with Crippen LogP contribution in [0.15, 0.2) is 24.3 Å². The van der Waals surface area contributed by atoms with E-state index in [-0.39, 0.29) is 25.0 Å². The summed E-state index contributed by atoms with van der Waals surface area (Å²) in [4.78, 5) is 23.9. The number of para-hydroxylation sites is 1. The maximum atomic E-state index is 12.0. The van der Waals surface area contributed by atoms with Gasteiger partial charge in [-0.25, -0.2) is 0 Å². The summed E-state index contributed by atoms with van der Waals surface area (Å²) in [7, 11) is 0. The molecule has 1 aromatic heterocycles. The Morgan fingerprint density at radius 2 is 2.08 bits per heavy atom. The third-order valence-electron chi connectivity index (χ3n) is 4.68. The Morgan fingerprint density at radius 3 is 2.92 bits per heavy atom. The van der Waals surface area contributed by atoms with Crippen molar-refractivity contribution in [3.63, 3.8) is 0 Å². The number of aromatic amines is 1. The molecule has 1 heterocycles. The number of carbonyl (C=O) groups excluding carboxylic acids is 2. The van der Waals surface area contributed by atoms with Crippen LogP contribution in [0.1, 0.15) is 38.3 Å². The number of hydrogen-bond acceptors (Lipinski definition) is 4. The molecule has 24 heavy (non-hydrogen) atoms. The van der Waals surface area contributed by atoms with Gasteiger partial charge in [0.1, 0.15) is 0 Å². The largest absolute Gasteiger partial charge is 0.455 e. The van der Waals surface area contributed by atoms with Crippen LogP contribution in [-0.4, -0.2) is 34.7 Å². The van der Waals surface area contributed by atoms with Gasteiger partial charge in [-0.05, 0) is 24.8 Å². The van der Waals surface area contributed by atoms with Crippen LogP contribution in [0.5, 0.6) is 0 Å². The second-order valence-corrected chi connectivity index (χ2v) is 6.49. The van der Waals surface area contributed by atoms with Gasteiger partial charge >= 0.3 is 5.97 Å². The Kier molecular flexibility index (Phi) is 5.13. The van der Waals surface area contributed by atoms with Crippen molar-refractivity contribution in [2.24, 2.45) is 5.92 Å². The van der Waals surface area contributed by atoms with Crippen molar-refractivity contribution >= 4 is 22.8 Å². The summed E-state index contributed by atoms with van der Waals surface area (Å²) < 4.78 is 5.10. The fourth-order valence-corrected chi connectivity index (χ4v) is 3.27. The van der Waals surface area contributed by atoms with E-state index in [0.717, 1.165) is 30.2 Å². The molecule has 0 spiro atoms. The molecule has 6 heteroatoms. The van der Waals surface area contributed by atoms with Gasteiger partial charge in [0.15, 0.2) is 6.61 Å². The zero-order valence-electron chi connectivity index (χ0n) is 13.9. The minimum atomic E-state index is -0.434. The number of H-pyrrole nitrogens is 1. The van der Waals surface area contributed by atoms with Crippen molar-refractivity contribution < 1.29 is 14.3 Å². The molecule has 1 aliphatic rings. The molecule has 1 fully saturated rings. The second kappa shape index (κ2) is 7.47. The Morgan fingerprint density at radius 1 is 1.29 bits per heavy atom. The highest BCUT2D eigenvalue weighted by Crippen LogP contribution is 2.23. The molecule has 128 valence electrons. The van der Waals surface area contributed by atoms with E-state index in [9.17, 15) is 9.59 Å². The molecule has 0 saturated heterocycles. The van der Waals surface area contributed by atoms with Gasteiger partial charge in [-0.1, -0.05) is 38.0 Å².